The van der Waals surface area contributed by atoms with Crippen LogP contribution in [0.4, 0.5) is 5.69 Å². The molecule has 2 rings (SSSR count). The number of aryl methyl sites for hydroxylation is 2. The molecule has 0 bridgehead atoms. The summed E-state index contributed by atoms with van der Waals surface area (Å²) in [6, 6.07) is 12.4. The summed E-state index contributed by atoms with van der Waals surface area (Å²) in [5.74, 6) is 0. The number of halogens is 1. The van der Waals surface area contributed by atoms with Crippen LogP contribution in [0.2, 0.25) is 5.02 Å². The van der Waals surface area contributed by atoms with Gasteiger partial charge in [-0.3, -0.25) is 0 Å². The molecule has 4 heteroatoms. The zero-order valence-electron chi connectivity index (χ0n) is 13.3. The molecule has 116 valence electrons. The van der Waals surface area contributed by atoms with E-state index in [2.05, 4.69) is 49.6 Å². The van der Waals surface area contributed by atoms with E-state index in [-0.39, 0.29) is 6.04 Å². The van der Waals surface area contributed by atoms with Crippen LogP contribution in [0.1, 0.15) is 35.2 Å². The highest BCUT2D eigenvalue weighted by molar-refractivity contribution is 7.80. The van der Waals surface area contributed by atoms with Gasteiger partial charge in [0.1, 0.15) is 0 Å². The minimum absolute atomic E-state index is 0.138. The van der Waals surface area contributed by atoms with Crippen molar-refractivity contribution in [3.05, 3.63) is 63.7 Å². The summed E-state index contributed by atoms with van der Waals surface area (Å²) in [6.07, 6.45) is 0. The standard InChI is InChI=1S/C18H21ClN2S/c1-11-8-9-15(10-12(11)2)14(4)20-18(22)21-17-7-5-6-16(19)13(17)3/h5-10,14H,1-4H3,(H2,20,21,22). The van der Waals surface area contributed by atoms with Crippen LogP contribution in [0.25, 0.3) is 0 Å². The highest BCUT2D eigenvalue weighted by Gasteiger charge is 2.09. The third-order valence-electron chi connectivity index (χ3n) is 3.89. The second-order valence-electron chi connectivity index (χ2n) is 5.58. The second-order valence-corrected chi connectivity index (χ2v) is 6.39. The van der Waals surface area contributed by atoms with Gasteiger partial charge in [0.05, 0.1) is 6.04 Å². The van der Waals surface area contributed by atoms with Gasteiger partial charge in [-0.2, -0.15) is 0 Å². The van der Waals surface area contributed by atoms with Gasteiger partial charge >= 0.3 is 0 Å². The number of anilines is 1. The molecule has 0 aliphatic carbocycles. The summed E-state index contributed by atoms with van der Waals surface area (Å²) in [6.45, 7) is 8.31. The summed E-state index contributed by atoms with van der Waals surface area (Å²) < 4.78 is 0. The van der Waals surface area contributed by atoms with Gasteiger partial charge in [-0.1, -0.05) is 35.9 Å². The predicted molar refractivity (Wildman–Crippen MR) is 99.9 cm³/mol. The fourth-order valence-electron chi connectivity index (χ4n) is 2.22. The van der Waals surface area contributed by atoms with E-state index >= 15 is 0 Å². The molecular weight excluding hydrogens is 312 g/mol. The Kier molecular flexibility index (Phi) is 5.43. The van der Waals surface area contributed by atoms with Gasteiger partial charge in [0.25, 0.3) is 0 Å². The molecule has 0 saturated carbocycles. The first-order valence-electron chi connectivity index (χ1n) is 7.28. The quantitative estimate of drug-likeness (QED) is 0.744. The van der Waals surface area contributed by atoms with Gasteiger partial charge in [-0.15, -0.1) is 0 Å². The van der Waals surface area contributed by atoms with Crippen molar-refractivity contribution >= 4 is 34.6 Å². The summed E-state index contributed by atoms with van der Waals surface area (Å²) in [5, 5.41) is 7.85. The third kappa shape index (κ3) is 3.99. The summed E-state index contributed by atoms with van der Waals surface area (Å²) >= 11 is 11.5. The molecule has 0 amide bonds. The number of thiocarbonyl (C=S) groups is 1. The second kappa shape index (κ2) is 7.12. The molecule has 0 saturated heterocycles. The molecule has 0 fully saturated rings. The lowest BCUT2D eigenvalue weighted by Gasteiger charge is -2.19. The molecule has 0 radical (unpaired) electrons. The molecule has 0 aliphatic rings. The zero-order chi connectivity index (χ0) is 16.3. The number of nitrogens with one attached hydrogen (secondary N) is 2. The van der Waals surface area contributed by atoms with E-state index < -0.39 is 0 Å². The van der Waals surface area contributed by atoms with E-state index in [9.17, 15) is 0 Å². The largest absolute Gasteiger partial charge is 0.356 e. The lowest BCUT2D eigenvalue weighted by molar-refractivity contribution is 0.721. The summed E-state index contributed by atoms with van der Waals surface area (Å²) in [7, 11) is 0. The van der Waals surface area contributed by atoms with E-state index in [0.29, 0.717) is 5.11 Å². The van der Waals surface area contributed by atoms with Crippen molar-refractivity contribution in [3.8, 4) is 0 Å². The maximum atomic E-state index is 6.13. The lowest BCUT2D eigenvalue weighted by atomic mass is 10.0. The summed E-state index contributed by atoms with van der Waals surface area (Å²) in [5.41, 5.74) is 5.72. The average molecular weight is 333 g/mol. The average Bonchev–Trinajstić information content (AvgIpc) is 2.46. The van der Waals surface area contributed by atoms with Gasteiger partial charge in [0.2, 0.25) is 0 Å². The molecule has 2 nitrogen and oxygen atoms in total. The molecule has 0 spiro atoms. The van der Waals surface area contributed by atoms with Crippen LogP contribution in [0, 0.1) is 20.8 Å². The highest BCUT2D eigenvalue weighted by atomic mass is 35.5. The molecule has 2 aromatic carbocycles. The minimum atomic E-state index is 0.138. The fourth-order valence-corrected chi connectivity index (χ4v) is 2.68. The molecule has 2 N–H and O–H groups in total. The topological polar surface area (TPSA) is 24.1 Å². The van der Waals surface area contributed by atoms with Crippen molar-refractivity contribution in [2.45, 2.75) is 33.7 Å². The van der Waals surface area contributed by atoms with Crippen LogP contribution >= 0.6 is 23.8 Å². The zero-order valence-corrected chi connectivity index (χ0v) is 14.9. The summed E-state index contributed by atoms with van der Waals surface area (Å²) in [4.78, 5) is 0. The molecule has 0 aromatic heterocycles. The molecule has 0 aliphatic heterocycles. The Morgan fingerprint density at radius 1 is 1.09 bits per heavy atom. The Labute approximate surface area is 142 Å². The molecule has 1 atom stereocenters. The van der Waals surface area contributed by atoms with Crippen molar-refractivity contribution in [1.82, 2.24) is 5.32 Å². The monoisotopic (exact) mass is 332 g/mol. The van der Waals surface area contributed by atoms with Gasteiger partial charge in [-0.05, 0) is 74.3 Å². The Hall–Kier alpha value is -1.58. The predicted octanol–water partition coefficient (Wildman–Crippen LogP) is 5.31. The normalized spacial score (nSPS) is 11.9. The molecule has 1 unspecified atom stereocenters. The molecule has 2 aromatic rings. The van der Waals surface area contributed by atoms with Gasteiger partial charge in [0, 0.05) is 10.7 Å². The number of hydrogen-bond donors (Lipinski definition) is 2. The molecular formula is C18H21ClN2S. The Balaban J connectivity index is 2.05. The van der Waals surface area contributed by atoms with Crippen LogP contribution in [-0.2, 0) is 0 Å². The van der Waals surface area contributed by atoms with Gasteiger partial charge < -0.3 is 10.6 Å². The van der Waals surface area contributed by atoms with E-state index in [1.807, 2.05) is 25.1 Å². The van der Waals surface area contributed by atoms with Crippen LogP contribution in [-0.4, -0.2) is 5.11 Å². The Morgan fingerprint density at radius 2 is 1.82 bits per heavy atom. The highest BCUT2D eigenvalue weighted by Crippen LogP contribution is 2.23. The van der Waals surface area contributed by atoms with E-state index in [4.69, 9.17) is 23.8 Å². The maximum Gasteiger partial charge on any atom is 0.171 e. The lowest BCUT2D eigenvalue weighted by Crippen LogP contribution is -2.31. The van der Waals surface area contributed by atoms with Crippen molar-refractivity contribution in [2.75, 3.05) is 5.32 Å². The van der Waals surface area contributed by atoms with E-state index in [1.54, 1.807) is 0 Å². The Bertz CT molecular complexity index is 697. The SMILES string of the molecule is Cc1ccc(C(C)NC(=S)Nc2cccc(Cl)c2C)cc1C. The maximum absolute atomic E-state index is 6.13. The first kappa shape index (κ1) is 16.8. The van der Waals surface area contributed by atoms with Crippen molar-refractivity contribution < 1.29 is 0 Å². The number of hydrogen-bond acceptors (Lipinski definition) is 1. The molecule has 0 heterocycles. The van der Waals surface area contributed by atoms with Crippen molar-refractivity contribution in [2.24, 2.45) is 0 Å². The number of rotatable bonds is 3. The van der Waals surface area contributed by atoms with Crippen LogP contribution < -0.4 is 10.6 Å². The van der Waals surface area contributed by atoms with Crippen LogP contribution in [0.5, 0.6) is 0 Å². The van der Waals surface area contributed by atoms with Gasteiger partial charge in [0.15, 0.2) is 5.11 Å². The van der Waals surface area contributed by atoms with E-state index in [0.717, 1.165) is 16.3 Å². The molecule has 22 heavy (non-hydrogen) atoms. The van der Waals surface area contributed by atoms with Crippen molar-refractivity contribution in [3.63, 3.8) is 0 Å². The van der Waals surface area contributed by atoms with Crippen LogP contribution in [0.3, 0.4) is 0 Å². The first-order valence-corrected chi connectivity index (χ1v) is 8.07. The Morgan fingerprint density at radius 3 is 2.50 bits per heavy atom. The smallest absolute Gasteiger partial charge is 0.171 e. The van der Waals surface area contributed by atoms with E-state index in [1.165, 1.54) is 16.7 Å². The number of benzene rings is 2. The fraction of sp³-hybridized carbons (Fsp3) is 0.278. The van der Waals surface area contributed by atoms with Gasteiger partial charge in [-0.25, -0.2) is 0 Å². The first-order chi connectivity index (χ1) is 10.4. The van der Waals surface area contributed by atoms with Crippen LogP contribution in [0.15, 0.2) is 36.4 Å². The van der Waals surface area contributed by atoms with Crippen molar-refractivity contribution in [1.29, 1.82) is 0 Å². The minimum Gasteiger partial charge on any atom is -0.356 e. The third-order valence-corrected chi connectivity index (χ3v) is 4.52.